The Balaban J connectivity index is 2.73. The van der Waals surface area contributed by atoms with Gasteiger partial charge in [0.2, 0.25) is 0 Å². The molecule has 0 unspecified atom stereocenters. The lowest BCUT2D eigenvalue weighted by atomic mass is 10.2. The van der Waals surface area contributed by atoms with Crippen LogP contribution in [0.5, 0.6) is 0 Å². The highest BCUT2D eigenvalue weighted by molar-refractivity contribution is 5.38. The van der Waals surface area contributed by atoms with Gasteiger partial charge in [-0.15, -0.1) is 0 Å². The van der Waals surface area contributed by atoms with Crippen molar-refractivity contribution in [3.05, 3.63) is 36.0 Å². The van der Waals surface area contributed by atoms with E-state index in [9.17, 15) is 0 Å². The molecule has 8 heavy (non-hydrogen) atoms. The molecule has 0 nitrogen and oxygen atoms in total. The van der Waals surface area contributed by atoms with Crippen LogP contribution < -0.4 is 0 Å². The topological polar surface area (TPSA) is 0 Å². The molecule has 0 radical (unpaired) electrons. The van der Waals surface area contributed by atoms with Crippen molar-refractivity contribution in [2.45, 2.75) is 13.3 Å². The zero-order valence-electron chi connectivity index (χ0n) is 5.15. The van der Waals surface area contributed by atoms with Crippen LogP contribution in [-0.4, -0.2) is 0 Å². The minimum absolute atomic E-state index is 1.05. The van der Waals surface area contributed by atoms with Crippen LogP contribution in [0.15, 0.2) is 36.0 Å². The van der Waals surface area contributed by atoms with Crippen molar-refractivity contribution in [2.24, 2.45) is 0 Å². The van der Waals surface area contributed by atoms with Gasteiger partial charge in [-0.3, -0.25) is 0 Å². The van der Waals surface area contributed by atoms with E-state index in [2.05, 4.69) is 31.7 Å². The van der Waals surface area contributed by atoms with Crippen LogP contribution in [0.1, 0.15) is 13.3 Å². The van der Waals surface area contributed by atoms with Crippen molar-refractivity contribution in [2.75, 3.05) is 0 Å². The molecule has 0 bridgehead atoms. The van der Waals surface area contributed by atoms with E-state index in [0.29, 0.717) is 0 Å². The zero-order valence-corrected chi connectivity index (χ0v) is 5.15. The molecule has 0 amide bonds. The van der Waals surface area contributed by atoms with E-state index in [1.54, 1.807) is 0 Å². The first-order valence-corrected chi connectivity index (χ1v) is 2.84. The molecule has 0 N–H and O–H groups in total. The quantitative estimate of drug-likeness (QED) is 0.445. The molecule has 1 rings (SSSR count). The van der Waals surface area contributed by atoms with Crippen LogP contribution in [0.3, 0.4) is 0 Å². The van der Waals surface area contributed by atoms with Gasteiger partial charge in [-0.2, -0.15) is 0 Å². The minimum atomic E-state index is 1.05. The van der Waals surface area contributed by atoms with E-state index in [1.807, 2.05) is 0 Å². The maximum atomic E-state index is 3.82. The van der Waals surface area contributed by atoms with Gasteiger partial charge in [-0.05, 0) is 18.9 Å². The third-order valence-corrected chi connectivity index (χ3v) is 1.34. The Kier molecular flexibility index (Phi) is 1.34. The third kappa shape index (κ3) is 0.890. The fourth-order valence-electron chi connectivity index (χ4n) is 0.803. The normalized spacial score (nSPS) is 23.1. The van der Waals surface area contributed by atoms with Crippen molar-refractivity contribution in [3.63, 3.8) is 0 Å². The maximum absolute atomic E-state index is 3.82. The molecule has 0 heteroatoms. The summed E-state index contributed by atoms with van der Waals surface area (Å²) in [4.78, 5) is 0. The summed E-state index contributed by atoms with van der Waals surface area (Å²) in [7, 11) is 0. The number of hydrogen-bond donors (Lipinski definition) is 0. The summed E-state index contributed by atoms with van der Waals surface area (Å²) in [6.07, 6.45) is 7.35. The van der Waals surface area contributed by atoms with Crippen LogP contribution >= 0.6 is 0 Å². The van der Waals surface area contributed by atoms with Crippen LogP contribution in [0.4, 0.5) is 0 Å². The molecule has 0 fully saturated rings. The zero-order chi connectivity index (χ0) is 5.98. The predicted molar refractivity (Wildman–Crippen MR) is 36.7 cm³/mol. The summed E-state index contributed by atoms with van der Waals surface area (Å²) in [5, 5.41) is 0. The molecule has 0 aromatic heterocycles. The standard InChI is InChI=1S/C8H10/c1-3-8-5-4-7(2)6-8/h3-5H,2,6H2,1H3/b8-3-. The van der Waals surface area contributed by atoms with Gasteiger partial charge < -0.3 is 0 Å². The van der Waals surface area contributed by atoms with Gasteiger partial charge >= 0.3 is 0 Å². The highest BCUT2D eigenvalue weighted by atomic mass is 14.0. The van der Waals surface area contributed by atoms with Crippen molar-refractivity contribution in [3.8, 4) is 0 Å². The second-order valence-corrected chi connectivity index (χ2v) is 2.03. The molecule has 42 valence electrons. The van der Waals surface area contributed by atoms with E-state index in [4.69, 9.17) is 0 Å². The first kappa shape index (κ1) is 5.36. The largest absolute Gasteiger partial charge is 0.0955 e. The predicted octanol–water partition coefficient (Wildman–Crippen LogP) is 2.45. The Hall–Kier alpha value is -0.780. The van der Waals surface area contributed by atoms with Gasteiger partial charge in [-0.25, -0.2) is 0 Å². The lowest BCUT2D eigenvalue weighted by Crippen LogP contribution is -1.67. The molecular formula is C8H10. The fourth-order valence-corrected chi connectivity index (χ4v) is 0.803. The fraction of sp³-hybridized carbons (Fsp3) is 0.250. The summed E-state index contributed by atoms with van der Waals surface area (Å²) in [5.74, 6) is 0. The van der Waals surface area contributed by atoms with Crippen molar-refractivity contribution < 1.29 is 0 Å². The Morgan fingerprint density at radius 3 is 2.62 bits per heavy atom. The highest BCUT2D eigenvalue weighted by Crippen LogP contribution is 2.19. The average Bonchev–Trinajstić information content (AvgIpc) is 2.14. The van der Waals surface area contributed by atoms with Gasteiger partial charge in [0.15, 0.2) is 0 Å². The molecule has 0 saturated carbocycles. The Morgan fingerprint density at radius 1 is 1.62 bits per heavy atom. The summed E-state index contributed by atoms with van der Waals surface area (Å²) >= 11 is 0. The molecule has 1 aliphatic rings. The van der Waals surface area contributed by atoms with Gasteiger partial charge in [0.05, 0.1) is 0 Å². The van der Waals surface area contributed by atoms with Crippen LogP contribution in [0, 0.1) is 0 Å². The summed E-state index contributed by atoms with van der Waals surface area (Å²) in [6.45, 7) is 5.88. The van der Waals surface area contributed by atoms with Crippen LogP contribution in [-0.2, 0) is 0 Å². The van der Waals surface area contributed by atoms with Gasteiger partial charge in [0.1, 0.15) is 0 Å². The third-order valence-electron chi connectivity index (χ3n) is 1.34. The number of rotatable bonds is 0. The molecule has 0 saturated heterocycles. The van der Waals surface area contributed by atoms with Gasteiger partial charge in [0, 0.05) is 0 Å². The highest BCUT2D eigenvalue weighted by Gasteiger charge is 1.99. The molecule has 0 spiro atoms. The SMILES string of the molecule is C=C1C=C/C(=C/C)C1. The minimum Gasteiger partial charge on any atom is -0.0955 e. The number of allylic oxidation sites excluding steroid dienone is 5. The lowest BCUT2D eigenvalue weighted by molar-refractivity contribution is 1.27. The second kappa shape index (κ2) is 1.99. The van der Waals surface area contributed by atoms with E-state index < -0.39 is 0 Å². The van der Waals surface area contributed by atoms with Crippen LogP contribution in [0.25, 0.3) is 0 Å². The molecule has 0 aromatic carbocycles. The van der Waals surface area contributed by atoms with E-state index in [-0.39, 0.29) is 0 Å². The van der Waals surface area contributed by atoms with E-state index >= 15 is 0 Å². The van der Waals surface area contributed by atoms with Gasteiger partial charge in [-0.1, -0.05) is 30.4 Å². The summed E-state index contributed by atoms with van der Waals surface area (Å²) in [6, 6.07) is 0. The lowest BCUT2D eigenvalue weighted by Gasteiger charge is -1.87. The van der Waals surface area contributed by atoms with Gasteiger partial charge in [0.25, 0.3) is 0 Å². The van der Waals surface area contributed by atoms with E-state index in [1.165, 1.54) is 11.1 Å². The number of hydrogen-bond acceptors (Lipinski definition) is 0. The first-order chi connectivity index (χ1) is 3.83. The molecular weight excluding hydrogens is 96.1 g/mol. The monoisotopic (exact) mass is 106 g/mol. The Morgan fingerprint density at radius 2 is 2.38 bits per heavy atom. The summed E-state index contributed by atoms with van der Waals surface area (Å²) in [5.41, 5.74) is 2.60. The molecule has 0 aromatic rings. The van der Waals surface area contributed by atoms with Crippen molar-refractivity contribution in [1.29, 1.82) is 0 Å². The summed E-state index contributed by atoms with van der Waals surface area (Å²) < 4.78 is 0. The average molecular weight is 106 g/mol. The second-order valence-electron chi connectivity index (χ2n) is 2.03. The first-order valence-electron chi connectivity index (χ1n) is 2.84. The Labute approximate surface area is 50.2 Å². The molecule has 0 aliphatic heterocycles. The van der Waals surface area contributed by atoms with E-state index in [0.717, 1.165) is 6.42 Å². The van der Waals surface area contributed by atoms with Crippen molar-refractivity contribution >= 4 is 0 Å². The Bertz CT molecular complexity index is 159. The molecule has 1 aliphatic carbocycles. The maximum Gasteiger partial charge on any atom is -0.00349 e. The molecule has 0 atom stereocenters. The molecule has 0 heterocycles. The van der Waals surface area contributed by atoms with Crippen molar-refractivity contribution in [1.82, 2.24) is 0 Å². The van der Waals surface area contributed by atoms with Crippen LogP contribution in [0.2, 0.25) is 0 Å². The smallest absolute Gasteiger partial charge is 0.00349 e.